The molecule has 1 unspecified atom stereocenters. The fourth-order valence-corrected chi connectivity index (χ4v) is 3.49. The molecule has 0 bridgehead atoms. The predicted molar refractivity (Wildman–Crippen MR) is 95.8 cm³/mol. The summed E-state index contributed by atoms with van der Waals surface area (Å²) in [5, 5.41) is 0. The van der Waals surface area contributed by atoms with Crippen LogP contribution in [-0.2, 0) is 0 Å². The molecule has 1 aliphatic heterocycles. The van der Waals surface area contributed by atoms with E-state index in [0.717, 1.165) is 5.92 Å². The molecule has 1 fully saturated rings. The molecule has 1 atom stereocenters. The van der Waals surface area contributed by atoms with Crippen molar-refractivity contribution in [2.24, 2.45) is 16.7 Å². The van der Waals surface area contributed by atoms with Crippen LogP contribution in [0.2, 0.25) is 0 Å². The molecule has 1 saturated heterocycles. The number of hydrogen-bond donors (Lipinski definition) is 0. The van der Waals surface area contributed by atoms with E-state index in [0.29, 0.717) is 10.8 Å². The van der Waals surface area contributed by atoms with Crippen LogP contribution in [0.15, 0.2) is 0 Å². The highest BCUT2D eigenvalue weighted by Crippen LogP contribution is 2.33. The van der Waals surface area contributed by atoms with Crippen LogP contribution < -0.4 is 0 Å². The smallest absolute Gasteiger partial charge is 0.00147 e. The third-order valence-electron chi connectivity index (χ3n) is 5.13. The summed E-state index contributed by atoms with van der Waals surface area (Å²) >= 11 is 0. The quantitative estimate of drug-likeness (QED) is 0.510. The normalized spacial score (nSPS) is 21.7. The van der Waals surface area contributed by atoms with Crippen LogP contribution in [0, 0.1) is 16.7 Å². The van der Waals surface area contributed by atoms with Crippen molar-refractivity contribution in [1.29, 1.82) is 0 Å². The highest BCUT2D eigenvalue weighted by atomic mass is 15.1. The Bertz CT molecular complexity index is 269. The minimum absolute atomic E-state index is 0.492. The number of likely N-dealkylation sites (tertiary alicyclic amines) is 1. The molecule has 0 saturated carbocycles. The average Bonchev–Trinajstić information content (AvgIpc) is 2.35. The molecule has 1 aliphatic rings. The molecule has 0 aromatic rings. The third kappa shape index (κ3) is 8.86. The molecule has 21 heavy (non-hydrogen) atoms. The molecule has 0 aromatic carbocycles. The Kier molecular flexibility index (Phi) is 7.74. The summed E-state index contributed by atoms with van der Waals surface area (Å²) < 4.78 is 0. The number of piperidine rings is 1. The van der Waals surface area contributed by atoms with Crippen molar-refractivity contribution < 1.29 is 0 Å². The second kappa shape index (κ2) is 8.56. The van der Waals surface area contributed by atoms with Gasteiger partial charge < -0.3 is 4.90 Å². The van der Waals surface area contributed by atoms with E-state index in [1.807, 2.05) is 0 Å². The first-order chi connectivity index (χ1) is 9.68. The van der Waals surface area contributed by atoms with Crippen LogP contribution >= 0.6 is 0 Å². The Morgan fingerprint density at radius 1 is 0.857 bits per heavy atom. The molecule has 126 valence electrons. The molecule has 0 N–H and O–H groups in total. The van der Waals surface area contributed by atoms with Crippen LogP contribution in [0.4, 0.5) is 0 Å². The number of nitrogens with zero attached hydrogens (tertiary/aromatic N) is 1. The van der Waals surface area contributed by atoms with Gasteiger partial charge in [-0.1, -0.05) is 67.2 Å². The molecular weight excluding hydrogens is 254 g/mol. The van der Waals surface area contributed by atoms with Gasteiger partial charge in [0, 0.05) is 6.54 Å². The van der Waals surface area contributed by atoms with Crippen molar-refractivity contribution in [3.05, 3.63) is 0 Å². The Balaban J connectivity index is 2.05. The van der Waals surface area contributed by atoms with Gasteiger partial charge in [-0.15, -0.1) is 0 Å². The zero-order valence-electron chi connectivity index (χ0n) is 15.8. The Morgan fingerprint density at radius 2 is 1.48 bits per heavy atom. The van der Waals surface area contributed by atoms with E-state index in [-0.39, 0.29) is 0 Å². The lowest BCUT2D eigenvalue weighted by atomic mass is 9.76. The van der Waals surface area contributed by atoms with Crippen LogP contribution in [0.3, 0.4) is 0 Å². The lowest BCUT2D eigenvalue weighted by Gasteiger charge is -2.39. The van der Waals surface area contributed by atoms with Crippen molar-refractivity contribution >= 4 is 0 Å². The highest BCUT2D eigenvalue weighted by Gasteiger charge is 2.29. The topological polar surface area (TPSA) is 3.24 Å². The van der Waals surface area contributed by atoms with Crippen molar-refractivity contribution in [2.75, 3.05) is 19.6 Å². The first kappa shape index (κ1) is 19.0. The van der Waals surface area contributed by atoms with Crippen molar-refractivity contribution in [3.63, 3.8) is 0 Å². The van der Waals surface area contributed by atoms with Gasteiger partial charge in [0.2, 0.25) is 0 Å². The van der Waals surface area contributed by atoms with Gasteiger partial charge in [-0.25, -0.2) is 0 Å². The van der Waals surface area contributed by atoms with Crippen LogP contribution in [0.1, 0.15) is 92.9 Å². The largest absolute Gasteiger partial charge is 0.303 e. The van der Waals surface area contributed by atoms with Gasteiger partial charge in [0.15, 0.2) is 0 Å². The fourth-order valence-electron chi connectivity index (χ4n) is 3.49. The Labute approximate surface area is 134 Å². The number of hydrogen-bond acceptors (Lipinski definition) is 1. The van der Waals surface area contributed by atoms with Crippen molar-refractivity contribution in [2.45, 2.75) is 92.9 Å². The zero-order valence-corrected chi connectivity index (χ0v) is 15.8. The van der Waals surface area contributed by atoms with E-state index < -0.39 is 0 Å². The lowest BCUT2D eigenvalue weighted by Crippen LogP contribution is -2.40. The van der Waals surface area contributed by atoms with Gasteiger partial charge in [0.1, 0.15) is 0 Å². The minimum atomic E-state index is 0.492. The molecule has 1 heterocycles. The van der Waals surface area contributed by atoms with Gasteiger partial charge in [-0.3, -0.25) is 0 Å². The number of rotatable bonds is 7. The first-order valence-corrected chi connectivity index (χ1v) is 9.41. The summed E-state index contributed by atoms with van der Waals surface area (Å²) in [5.41, 5.74) is 1.02. The molecule has 0 aliphatic carbocycles. The summed E-state index contributed by atoms with van der Waals surface area (Å²) in [6.45, 7) is 18.3. The summed E-state index contributed by atoms with van der Waals surface area (Å²) in [7, 11) is 0. The second-order valence-electron chi connectivity index (χ2n) is 9.58. The van der Waals surface area contributed by atoms with Crippen molar-refractivity contribution in [1.82, 2.24) is 4.90 Å². The molecular formula is C20H41N. The third-order valence-corrected chi connectivity index (χ3v) is 5.13. The maximum absolute atomic E-state index is 2.73. The van der Waals surface area contributed by atoms with E-state index >= 15 is 0 Å². The monoisotopic (exact) mass is 295 g/mol. The Hall–Kier alpha value is -0.0400. The zero-order chi connectivity index (χ0) is 15.9. The standard InChI is InChI=1S/C20H41N/c1-19(2,3)14-10-8-7-9-11-15-21-16-12-13-18(17-21)20(4,5)6/h18H,7-17H2,1-6H3. The average molecular weight is 296 g/mol. The highest BCUT2D eigenvalue weighted by molar-refractivity contribution is 4.81. The van der Waals surface area contributed by atoms with Crippen LogP contribution in [0.5, 0.6) is 0 Å². The molecule has 1 nitrogen and oxygen atoms in total. The minimum Gasteiger partial charge on any atom is -0.303 e. The van der Waals surface area contributed by atoms with Crippen molar-refractivity contribution in [3.8, 4) is 0 Å². The van der Waals surface area contributed by atoms with Gasteiger partial charge in [0.25, 0.3) is 0 Å². The fraction of sp³-hybridized carbons (Fsp3) is 1.00. The molecule has 0 spiro atoms. The van der Waals surface area contributed by atoms with Gasteiger partial charge in [-0.2, -0.15) is 0 Å². The summed E-state index contributed by atoms with van der Waals surface area (Å²) in [4.78, 5) is 2.73. The molecule has 0 amide bonds. The van der Waals surface area contributed by atoms with E-state index in [2.05, 4.69) is 46.4 Å². The van der Waals surface area contributed by atoms with Crippen LogP contribution in [0.25, 0.3) is 0 Å². The molecule has 0 radical (unpaired) electrons. The molecule has 1 rings (SSSR count). The van der Waals surface area contributed by atoms with Crippen LogP contribution in [-0.4, -0.2) is 24.5 Å². The van der Waals surface area contributed by atoms with E-state index in [4.69, 9.17) is 0 Å². The predicted octanol–water partition coefficient (Wildman–Crippen LogP) is 6.13. The first-order valence-electron chi connectivity index (χ1n) is 9.41. The van der Waals surface area contributed by atoms with Gasteiger partial charge in [0.05, 0.1) is 0 Å². The molecule has 1 heteroatoms. The lowest BCUT2D eigenvalue weighted by molar-refractivity contribution is 0.0978. The second-order valence-corrected chi connectivity index (χ2v) is 9.58. The summed E-state index contributed by atoms with van der Waals surface area (Å²) in [6.07, 6.45) is 11.4. The van der Waals surface area contributed by atoms with Gasteiger partial charge in [-0.05, 0) is 55.5 Å². The maximum Gasteiger partial charge on any atom is 0.00147 e. The van der Waals surface area contributed by atoms with E-state index in [1.165, 1.54) is 71.0 Å². The number of unbranched alkanes of at least 4 members (excludes halogenated alkanes) is 4. The summed E-state index contributed by atoms with van der Waals surface area (Å²) in [5.74, 6) is 0.901. The van der Waals surface area contributed by atoms with E-state index in [9.17, 15) is 0 Å². The SMILES string of the molecule is CC(C)(C)CCCCCCCN1CCCC(C(C)(C)C)C1. The maximum atomic E-state index is 2.73. The molecule has 0 aromatic heterocycles. The van der Waals surface area contributed by atoms with E-state index in [1.54, 1.807) is 0 Å². The summed E-state index contributed by atoms with van der Waals surface area (Å²) in [6, 6.07) is 0. The van der Waals surface area contributed by atoms with Gasteiger partial charge >= 0.3 is 0 Å². The Morgan fingerprint density at radius 3 is 2.10 bits per heavy atom.